The quantitative estimate of drug-likeness (QED) is 0.473. The molecule has 0 radical (unpaired) electrons. The van der Waals surface area contributed by atoms with E-state index in [-0.39, 0.29) is 11.8 Å². The first-order valence-corrected chi connectivity index (χ1v) is 10.9. The van der Waals surface area contributed by atoms with Gasteiger partial charge in [0.15, 0.2) is 0 Å². The highest BCUT2D eigenvalue weighted by Gasteiger charge is 2.10. The van der Waals surface area contributed by atoms with Gasteiger partial charge in [-0.05, 0) is 61.7 Å². The number of thioether (sulfide) groups is 1. The summed E-state index contributed by atoms with van der Waals surface area (Å²) in [5, 5.41) is 5.97. The fourth-order valence-electron chi connectivity index (χ4n) is 3.18. The molecule has 0 aliphatic heterocycles. The molecule has 0 bridgehead atoms. The van der Waals surface area contributed by atoms with Gasteiger partial charge < -0.3 is 10.6 Å². The van der Waals surface area contributed by atoms with Crippen LogP contribution in [0.15, 0.2) is 71.6 Å². The van der Waals surface area contributed by atoms with E-state index in [0.717, 1.165) is 33.7 Å². The van der Waals surface area contributed by atoms with Gasteiger partial charge in [-0.25, -0.2) is 0 Å². The Morgan fingerprint density at radius 3 is 2.43 bits per heavy atom. The lowest BCUT2D eigenvalue weighted by atomic mass is 10.1. The van der Waals surface area contributed by atoms with E-state index in [9.17, 15) is 9.59 Å². The number of nitrogens with one attached hydrogen (secondary N) is 2. The summed E-state index contributed by atoms with van der Waals surface area (Å²) in [7, 11) is 0. The second-order valence-electron chi connectivity index (χ2n) is 7.15. The Bertz CT molecular complexity index is 1060. The van der Waals surface area contributed by atoms with Gasteiger partial charge >= 0.3 is 0 Å². The minimum absolute atomic E-state index is 0.0433. The van der Waals surface area contributed by atoms with Crippen LogP contribution in [0.4, 0.5) is 11.4 Å². The number of hydrogen-bond acceptors (Lipinski definition) is 3. The maximum Gasteiger partial charge on any atom is 0.255 e. The van der Waals surface area contributed by atoms with Crippen molar-refractivity contribution in [3.63, 3.8) is 0 Å². The molecule has 0 aromatic heterocycles. The van der Waals surface area contributed by atoms with Crippen molar-refractivity contribution in [2.75, 3.05) is 16.4 Å². The standard InChI is InChI=1S/C25H26N2O2S/c1-4-19-10-6-9-18(3)24(19)27-23(28)16-30-22-13-7-12-21(15-22)26-25(29)20-11-5-8-17(2)14-20/h5-15H,4,16H2,1-3H3,(H,26,29)(H,27,28). The number of anilines is 2. The van der Waals surface area contributed by atoms with E-state index >= 15 is 0 Å². The summed E-state index contributed by atoms with van der Waals surface area (Å²) in [4.78, 5) is 25.9. The van der Waals surface area contributed by atoms with E-state index in [1.165, 1.54) is 11.8 Å². The molecule has 3 aromatic rings. The summed E-state index contributed by atoms with van der Waals surface area (Å²) < 4.78 is 0. The van der Waals surface area contributed by atoms with Gasteiger partial charge in [-0.2, -0.15) is 0 Å². The number of hydrogen-bond donors (Lipinski definition) is 2. The third-order valence-electron chi connectivity index (χ3n) is 4.75. The van der Waals surface area contributed by atoms with Crippen molar-refractivity contribution in [2.24, 2.45) is 0 Å². The molecule has 0 saturated heterocycles. The van der Waals surface area contributed by atoms with Crippen LogP contribution in [0.3, 0.4) is 0 Å². The zero-order chi connectivity index (χ0) is 21.5. The van der Waals surface area contributed by atoms with Gasteiger partial charge in [-0.3, -0.25) is 9.59 Å². The molecule has 5 heteroatoms. The highest BCUT2D eigenvalue weighted by atomic mass is 32.2. The largest absolute Gasteiger partial charge is 0.325 e. The molecular weight excluding hydrogens is 392 g/mol. The van der Waals surface area contributed by atoms with Crippen LogP contribution in [0.2, 0.25) is 0 Å². The molecule has 2 amide bonds. The lowest BCUT2D eigenvalue weighted by Gasteiger charge is -2.13. The Labute approximate surface area is 182 Å². The van der Waals surface area contributed by atoms with Crippen molar-refractivity contribution in [2.45, 2.75) is 32.1 Å². The highest BCUT2D eigenvalue weighted by molar-refractivity contribution is 8.00. The van der Waals surface area contributed by atoms with Gasteiger partial charge in [-0.15, -0.1) is 11.8 Å². The Balaban J connectivity index is 1.60. The lowest BCUT2D eigenvalue weighted by molar-refractivity contribution is -0.113. The molecule has 154 valence electrons. The van der Waals surface area contributed by atoms with Gasteiger partial charge in [0.05, 0.1) is 5.75 Å². The third-order valence-corrected chi connectivity index (χ3v) is 5.74. The van der Waals surface area contributed by atoms with Crippen molar-refractivity contribution in [3.8, 4) is 0 Å². The summed E-state index contributed by atoms with van der Waals surface area (Å²) in [6.45, 7) is 6.04. The Kier molecular flexibility index (Phi) is 7.31. The van der Waals surface area contributed by atoms with Gasteiger partial charge in [0.1, 0.15) is 0 Å². The minimum atomic E-state index is -0.148. The molecule has 0 fully saturated rings. The van der Waals surface area contributed by atoms with E-state index in [4.69, 9.17) is 0 Å². The van der Waals surface area contributed by atoms with Crippen LogP contribution in [0.5, 0.6) is 0 Å². The lowest BCUT2D eigenvalue weighted by Crippen LogP contribution is -2.16. The summed E-state index contributed by atoms with van der Waals surface area (Å²) in [5.74, 6) is 0.107. The van der Waals surface area contributed by atoms with Crippen molar-refractivity contribution >= 4 is 35.0 Å². The molecule has 0 atom stereocenters. The molecule has 0 aliphatic carbocycles. The highest BCUT2D eigenvalue weighted by Crippen LogP contribution is 2.24. The molecule has 2 N–H and O–H groups in total. The fourth-order valence-corrected chi connectivity index (χ4v) is 3.93. The SMILES string of the molecule is CCc1cccc(C)c1NC(=O)CSc1cccc(NC(=O)c2cccc(C)c2)c1. The summed E-state index contributed by atoms with van der Waals surface area (Å²) in [6.07, 6.45) is 0.868. The Hall–Kier alpha value is -3.05. The number of aryl methyl sites for hydroxylation is 3. The van der Waals surface area contributed by atoms with Crippen LogP contribution in [0.1, 0.15) is 34.0 Å². The van der Waals surface area contributed by atoms with Crippen LogP contribution in [0.25, 0.3) is 0 Å². The smallest absolute Gasteiger partial charge is 0.255 e. The molecule has 4 nitrogen and oxygen atoms in total. The third kappa shape index (κ3) is 5.74. The summed E-state index contributed by atoms with van der Waals surface area (Å²) >= 11 is 1.44. The van der Waals surface area contributed by atoms with Gasteiger partial charge in [0.25, 0.3) is 5.91 Å². The van der Waals surface area contributed by atoms with E-state index in [0.29, 0.717) is 17.0 Å². The Morgan fingerprint density at radius 2 is 1.67 bits per heavy atom. The fraction of sp³-hybridized carbons (Fsp3) is 0.200. The average molecular weight is 419 g/mol. The molecule has 30 heavy (non-hydrogen) atoms. The molecule has 3 aromatic carbocycles. The number of para-hydroxylation sites is 1. The van der Waals surface area contributed by atoms with E-state index < -0.39 is 0 Å². The topological polar surface area (TPSA) is 58.2 Å². The molecular formula is C25H26N2O2S. The predicted octanol–water partition coefficient (Wildman–Crippen LogP) is 5.85. The average Bonchev–Trinajstić information content (AvgIpc) is 2.74. The molecule has 0 saturated carbocycles. The second kappa shape index (κ2) is 10.1. The van der Waals surface area contributed by atoms with Crippen LogP contribution < -0.4 is 10.6 Å². The van der Waals surface area contributed by atoms with Gasteiger partial charge in [0, 0.05) is 21.8 Å². The first-order chi connectivity index (χ1) is 14.5. The van der Waals surface area contributed by atoms with Gasteiger partial charge in [0.2, 0.25) is 5.91 Å². The molecule has 0 heterocycles. The van der Waals surface area contributed by atoms with E-state index in [1.807, 2.05) is 74.5 Å². The van der Waals surface area contributed by atoms with Crippen molar-refractivity contribution < 1.29 is 9.59 Å². The zero-order valence-corrected chi connectivity index (χ0v) is 18.3. The van der Waals surface area contributed by atoms with Crippen molar-refractivity contribution in [1.82, 2.24) is 0 Å². The van der Waals surface area contributed by atoms with E-state index in [1.54, 1.807) is 6.07 Å². The number of carbonyl (C=O) groups excluding carboxylic acids is 2. The van der Waals surface area contributed by atoms with Crippen LogP contribution in [-0.2, 0) is 11.2 Å². The summed E-state index contributed by atoms with van der Waals surface area (Å²) in [5.41, 5.74) is 5.47. The monoisotopic (exact) mass is 418 g/mol. The molecule has 0 aliphatic rings. The molecule has 0 unspecified atom stereocenters. The first kappa shape index (κ1) is 21.7. The van der Waals surface area contributed by atoms with Crippen LogP contribution in [0, 0.1) is 13.8 Å². The minimum Gasteiger partial charge on any atom is -0.325 e. The molecule has 0 spiro atoms. The number of benzene rings is 3. The number of rotatable bonds is 7. The first-order valence-electron chi connectivity index (χ1n) is 9.95. The zero-order valence-electron chi connectivity index (χ0n) is 17.5. The molecule has 3 rings (SSSR count). The number of carbonyl (C=O) groups is 2. The number of amides is 2. The summed E-state index contributed by atoms with van der Waals surface area (Å²) in [6, 6.07) is 21.1. The Morgan fingerprint density at radius 1 is 0.900 bits per heavy atom. The maximum atomic E-state index is 12.5. The van der Waals surface area contributed by atoms with Crippen molar-refractivity contribution in [1.29, 1.82) is 0 Å². The van der Waals surface area contributed by atoms with E-state index in [2.05, 4.69) is 17.6 Å². The maximum absolute atomic E-state index is 12.5. The predicted molar refractivity (Wildman–Crippen MR) is 125 cm³/mol. The second-order valence-corrected chi connectivity index (χ2v) is 8.20. The van der Waals surface area contributed by atoms with Crippen molar-refractivity contribution in [3.05, 3.63) is 89.0 Å². The van der Waals surface area contributed by atoms with Gasteiger partial charge in [-0.1, -0.05) is 48.9 Å². The normalized spacial score (nSPS) is 10.5. The van der Waals surface area contributed by atoms with Crippen LogP contribution >= 0.6 is 11.8 Å². The van der Waals surface area contributed by atoms with Crippen LogP contribution in [-0.4, -0.2) is 17.6 Å².